The number of rotatable bonds is 1. The molecule has 2 rings (SSSR count). The Hall–Kier alpha value is -1.57. The number of fused-ring (bicyclic) bond motifs is 1. The molecule has 0 N–H and O–H groups in total. The second-order valence-electron chi connectivity index (χ2n) is 9.42. The minimum absolute atomic E-state index is 0.00301. The molecule has 0 aliphatic heterocycles. The highest BCUT2D eigenvalue weighted by Gasteiger charge is 2.25. The third kappa shape index (κ3) is 4.04. The minimum atomic E-state index is -0.240. The van der Waals surface area contributed by atoms with Gasteiger partial charge in [0.05, 0.1) is 0 Å². The van der Waals surface area contributed by atoms with E-state index in [2.05, 4.69) is 80.5 Å². The Balaban J connectivity index is 2.83. The van der Waals surface area contributed by atoms with Gasteiger partial charge in [-0.3, -0.25) is 0 Å². The monoisotopic (exact) mass is 313 g/mol. The van der Waals surface area contributed by atoms with Crippen LogP contribution in [0.15, 0.2) is 24.3 Å². The SMILES string of the molecule is CC(C)(C)Oc1cccc2c(C(C)(C)C)cc(C(C)(C)C)nc12. The van der Waals surface area contributed by atoms with Crippen molar-refractivity contribution in [1.29, 1.82) is 0 Å². The quantitative estimate of drug-likeness (QED) is 0.643. The van der Waals surface area contributed by atoms with Crippen LogP contribution in [0.4, 0.5) is 0 Å². The van der Waals surface area contributed by atoms with Crippen LogP contribution in [-0.4, -0.2) is 10.6 Å². The Morgan fingerprint density at radius 1 is 0.826 bits per heavy atom. The summed E-state index contributed by atoms with van der Waals surface area (Å²) in [7, 11) is 0. The van der Waals surface area contributed by atoms with Gasteiger partial charge in [0.1, 0.15) is 16.9 Å². The third-order valence-corrected chi connectivity index (χ3v) is 3.80. The maximum absolute atomic E-state index is 6.19. The average molecular weight is 313 g/mol. The van der Waals surface area contributed by atoms with E-state index in [9.17, 15) is 0 Å². The summed E-state index contributed by atoms with van der Waals surface area (Å²) < 4.78 is 6.19. The van der Waals surface area contributed by atoms with E-state index in [4.69, 9.17) is 9.72 Å². The molecule has 1 aromatic heterocycles. The minimum Gasteiger partial charge on any atom is -0.486 e. The Bertz CT molecular complexity index is 709. The fraction of sp³-hybridized carbons (Fsp3) is 0.571. The molecule has 2 heteroatoms. The highest BCUT2D eigenvalue weighted by molar-refractivity contribution is 5.88. The molecule has 0 aliphatic carbocycles. The number of pyridine rings is 1. The van der Waals surface area contributed by atoms with E-state index in [0.29, 0.717) is 0 Å². The number of hydrogen-bond donors (Lipinski definition) is 0. The first-order chi connectivity index (χ1) is 10.3. The maximum Gasteiger partial charge on any atom is 0.146 e. The molecular weight excluding hydrogens is 282 g/mol. The number of hydrogen-bond acceptors (Lipinski definition) is 2. The Morgan fingerprint density at radius 3 is 1.91 bits per heavy atom. The van der Waals surface area contributed by atoms with Crippen molar-refractivity contribution < 1.29 is 4.74 Å². The number of benzene rings is 1. The van der Waals surface area contributed by atoms with Gasteiger partial charge in [-0.15, -0.1) is 0 Å². The fourth-order valence-electron chi connectivity index (χ4n) is 2.64. The summed E-state index contributed by atoms with van der Waals surface area (Å²) in [4.78, 5) is 4.98. The van der Waals surface area contributed by atoms with Crippen LogP contribution < -0.4 is 4.74 Å². The number of ether oxygens (including phenoxy) is 1. The van der Waals surface area contributed by atoms with E-state index in [1.54, 1.807) is 0 Å². The van der Waals surface area contributed by atoms with Gasteiger partial charge in [-0.2, -0.15) is 0 Å². The van der Waals surface area contributed by atoms with Crippen molar-refractivity contribution in [2.75, 3.05) is 0 Å². The van der Waals surface area contributed by atoms with Gasteiger partial charge in [-0.05, 0) is 43.9 Å². The Morgan fingerprint density at radius 2 is 1.43 bits per heavy atom. The summed E-state index contributed by atoms with van der Waals surface area (Å²) in [6.07, 6.45) is 0. The fourth-order valence-corrected chi connectivity index (χ4v) is 2.64. The lowest BCUT2D eigenvalue weighted by atomic mass is 9.81. The lowest BCUT2D eigenvalue weighted by Gasteiger charge is -2.28. The second-order valence-corrected chi connectivity index (χ2v) is 9.42. The maximum atomic E-state index is 6.19. The molecule has 0 saturated heterocycles. The molecular formula is C21H31NO. The van der Waals surface area contributed by atoms with Crippen molar-refractivity contribution in [1.82, 2.24) is 4.98 Å². The zero-order valence-corrected chi connectivity index (χ0v) is 16.2. The summed E-state index contributed by atoms with van der Waals surface area (Å²) >= 11 is 0. The second kappa shape index (κ2) is 5.51. The van der Waals surface area contributed by atoms with Gasteiger partial charge in [0, 0.05) is 16.5 Å². The van der Waals surface area contributed by atoms with Crippen molar-refractivity contribution in [3.05, 3.63) is 35.5 Å². The van der Waals surface area contributed by atoms with Gasteiger partial charge in [-0.1, -0.05) is 53.7 Å². The van der Waals surface area contributed by atoms with E-state index < -0.39 is 0 Å². The van der Waals surface area contributed by atoms with Crippen LogP contribution in [-0.2, 0) is 10.8 Å². The van der Waals surface area contributed by atoms with Gasteiger partial charge in [0.25, 0.3) is 0 Å². The zero-order valence-electron chi connectivity index (χ0n) is 16.2. The molecule has 1 heterocycles. The van der Waals surface area contributed by atoms with Crippen molar-refractivity contribution >= 4 is 10.9 Å². The summed E-state index contributed by atoms with van der Waals surface area (Å²) in [6.45, 7) is 19.6. The molecule has 2 nitrogen and oxygen atoms in total. The molecule has 0 atom stereocenters. The van der Waals surface area contributed by atoms with Gasteiger partial charge in [0.15, 0.2) is 0 Å². The normalized spacial score (nSPS) is 13.4. The van der Waals surface area contributed by atoms with Crippen molar-refractivity contribution in [3.8, 4) is 5.75 Å². The summed E-state index contributed by atoms with van der Waals surface area (Å²) in [6, 6.07) is 8.52. The van der Waals surface area contributed by atoms with Gasteiger partial charge < -0.3 is 4.74 Å². The lowest BCUT2D eigenvalue weighted by Crippen LogP contribution is -2.24. The third-order valence-electron chi connectivity index (χ3n) is 3.80. The molecule has 1 aromatic carbocycles. The van der Waals surface area contributed by atoms with Crippen LogP contribution in [0.3, 0.4) is 0 Å². The van der Waals surface area contributed by atoms with Crippen LogP contribution in [0.5, 0.6) is 5.75 Å². The molecule has 23 heavy (non-hydrogen) atoms. The molecule has 0 radical (unpaired) electrons. The molecule has 0 saturated carbocycles. The van der Waals surface area contributed by atoms with Gasteiger partial charge in [-0.25, -0.2) is 4.98 Å². The van der Waals surface area contributed by atoms with Gasteiger partial charge >= 0.3 is 0 Å². The Labute approximate surface area is 141 Å². The predicted octanol–water partition coefficient (Wildman–Crippen LogP) is 6.01. The number of aromatic nitrogens is 1. The molecule has 0 amide bonds. The molecule has 0 bridgehead atoms. The molecule has 0 unspecified atom stereocenters. The van der Waals surface area contributed by atoms with E-state index in [0.717, 1.165) is 17.0 Å². The highest BCUT2D eigenvalue weighted by atomic mass is 16.5. The van der Waals surface area contributed by atoms with E-state index >= 15 is 0 Å². The van der Waals surface area contributed by atoms with Gasteiger partial charge in [0.2, 0.25) is 0 Å². The standard InChI is InChI=1S/C21H31NO/c1-19(2,3)15-13-17(20(4,5)6)22-18-14(15)11-10-12-16(18)23-21(7,8)9/h10-13H,1-9H3. The summed E-state index contributed by atoms with van der Waals surface area (Å²) in [5.74, 6) is 0.867. The predicted molar refractivity (Wildman–Crippen MR) is 99.5 cm³/mol. The van der Waals surface area contributed by atoms with E-state index in [1.807, 2.05) is 6.07 Å². The average Bonchev–Trinajstić information content (AvgIpc) is 2.33. The van der Waals surface area contributed by atoms with Crippen LogP contribution in [0.2, 0.25) is 0 Å². The first-order valence-electron chi connectivity index (χ1n) is 8.43. The van der Waals surface area contributed by atoms with Crippen LogP contribution in [0.25, 0.3) is 10.9 Å². The summed E-state index contributed by atoms with van der Waals surface area (Å²) in [5, 5.41) is 1.19. The molecule has 0 fully saturated rings. The van der Waals surface area contributed by atoms with E-state index in [1.165, 1.54) is 10.9 Å². The van der Waals surface area contributed by atoms with Crippen molar-refractivity contribution in [2.24, 2.45) is 0 Å². The smallest absolute Gasteiger partial charge is 0.146 e. The molecule has 0 aliphatic rings. The van der Waals surface area contributed by atoms with E-state index in [-0.39, 0.29) is 16.4 Å². The van der Waals surface area contributed by atoms with Crippen molar-refractivity contribution in [2.45, 2.75) is 78.7 Å². The molecule has 0 spiro atoms. The van der Waals surface area contributed by atoms with Crippen molar-refractivity contribution in [3.63, 3.8) is 0 Å². The Kier molecular flexibility index (Phi) is 4.26. The number of nitrogens with zero attached hydrogens (tertiary/aromatic N) is 1. The molecule has 2 aromatic rings. The largest absolute Gasteiger partial charge is 0.486 e. The first kappa shape index (κ1) is 17.8. The van der Waals surface area contributed by atoms with Crippen LogP contribution >= 0.6 is 0 Å². The zero-order chi connectivity index (χ0) is 17.6. The lowest BCUT2D eigenvalue weighted by molar-refractivity contribution is 0.133. The summed E-state index contributed by atoms with van der Waals surface area (Å²) in [5.41, 5.74) is 3.23. The van der Waals surface area contributed by atoms with Crippen LogP contribution in [0, 0.1) is 0 Å². The molecule has 126 valence electrons. The first-order valence-corrected chi connectivity index (χ1v) is 8.43. The van der Waals surface area contributed by atoms with Crippen LogP contribution in [0.1, 0.15) is 73.6 Å². The number of para-hydroxylation sites is 1. The highest BCUT2D eigenvalue weighted by Crippen LogP contribution is 2.37. The topological polar surface area (TPSA) is 22.1 Å².